The van der Waals surface area contributed by atoms with E-state index >= 15 is 0 Å². The molecule has 2 aromatic heterocycles. The van der Waals surface area contributed by atoms with Crippen LogP contribution in [0.25, 0.3) is 0 Å². The van der Waals surface area contributed by atoms with Gasteiger partial charge in [0.2, 0.25) is 0 Å². The molecule has 1 aliphatic carbocycles. The molecule has 0 saturated carbocycles. The molecule has 152 valence electrons. The quantitative estimate of drug-likeness (QED) is 0.458. The number of ketones is 1. The van der Waals surface area contributed by atoms with Gasteiger partial charge in [-0.05, 0) is 51.2 Å². The van der Waals surface area contributed by atoms with Crippen LogP contribution < -0.4 is 5.32 Å². The number of aryl methyl sites for hydroxylation is 2. The van der Waals surface area contributed by atoms with Crippen molar-refractivity contribution in [1.29, 1.82) is 5.26 Å². The number of carbonyl (C=O) groups is 3. The molecule has 0 saturated heterocycles. The minimum Gasteiger partial charge on any atom is -0.448 e. The monoisotopic (exact) mass is 413 g/mol. The number of nitriles is 1. The zero-order chi connectivity index (χ0) is 21.1. The lowest BCUT2D eigenvalue weighted by molar-refractivity contribution is -0.123. The number of ether oxygens (including phenoxy) is 1. The molecule has 1 amide bonds. The van der Waals surface area contributed by atoms with Crippen LogP contribution >= 0.6 is 11.3 Å². The predicted molar refractivity (Wildman–Crippen MR) is 109 cm³/mol. The summed E-state index contributed by atoms with van der Waals surface area (Å²) in [5.41, 5.74) is 2.15. The first-order chi connectivity index (χ1) is 13.8. The van der Waals surface area contributed by atoms with Gasteiger partial charge in [0.15, 0.2) is 11.9 Å². The fourth-order valence-electron chi connectivity index (χ4n) is 3.40. The van der Waals surface area contributed by atoms with Crippen molar-refractivity contribution in [3.63, 3.8) is 0 Å². The molecule has 0 fully saturated rings. The van der Waals surface area contributed by atoms with Crippen molar-refractivity contribution < 1.29 is 19.1 Å². The molecule has 0 spiro atoms. The number of amides is 1. The maximum atomic E-state index is 12.6. The summed E-state index contributed by atoms with van der Waals surface area (Å²) in [6.07, 6.45) is 5.53. The Morgan fingerprint density at radius 1 is 1.28 bits per heavy atom. The van der Waals surface area contributed by atoms with Gasteiger partial charge < -0.3 is 14.6 Å². The summed E-state index contributed by atoms with van der Waals surface area (Å²) >= 11 is 1.43. The van der Waals surface area contributed by atoms with Crippen molar-refractivity contribution in [3.05, 3.63) is 39.5 Å². The number of aromatic nitrogens is 1. The van der Waals surface area contributed by atoms with E-state index in [0.29, 0.717) is 16.1 Å². The maximum absolute atomic E-state index is 12.6. The Morgan fingerprint density at radius 2 is 2.00 bits per heavy atom. The molecular formula is C21H23N3O4S. The van der Waals surface area contributed by atoms with E-state index in [4.69, 9.17) is 4.74 Å². The number of hydrogen-bond acceptors (Lipinski definition) is 6. The van der Waals surface area contributed by atoms with Crippen LogP contribution in [0.5, 0.6) is 0 Å². The molecule has 0 aromatic carbocycles. The average Bonchev–Trinajstić information content (AvgIpc) is 3.13. The first-order valence-corrected chi connectivity index (χ1v) is 10.4. The second kappa shape index (κ2) is 8.62. The molecule has 0 bridgehead atoms. The van der Waals surface area contributed by atoms with Gasteiger partial charge in [0.05, 0.1) is 5.56 Å². The van der Waals surface area contributed by atoms with Crippen LogP contribution in [0.15, 0.2) is 12.3 Å². The van der Waals surface area contributed by atoms with Gasteiger partial charge in [0.25, 0.3) is 5.91 Å². The van der Waals surface area contributed by atoms with Crippen LogP contribution in [-0.4, -0.2) is 28.3 Å². The van der Waals surface area contributed by atoms with Crippen LogP contribution in [0.1, 0.15) is 70.0 Å². The van der Waals surface area contributed by atoms with Gasteiger partial charge >= 0.3 is 5.97 Å². The number of esters is 1. The maximum Gasteiger partial charge on any atom is 0.355 e. The van der Waals surface area contributed by atoms with E-state index in [1.165, 1.54) is 35.8 Å². The average molecular weight is 413 g/mol. The van der Waals surface area contributed by atoms with Crippen molar-refractivity contribution in [3.8, 4) is 6.07 Å². The third-order valence-electron chi connectivity index (χ3n) is 5.04. The molecule has 3 rings (SSSR count). The van der Waals surface area contributed by atoms with Crippen molar-refractivity contribution in [1.82, 2.24) is 4.57 Å². The minimum atomic E-state index is -1.05. The Bertz CT molecular complexity index is 1010. The first kappa shape index (κ1) is 20.8. The normalized spacial score (nSPS) is 14.3. The highest BCUT2D eigenvalue weighted by Crippen LogP contribution is 2.37. The number of nitrogens with zero attached hydrogens (tertiary/aromatic N) is 2. The van der Waals surface area contributed by atoms with E-state index in [1.807, 2.05) is 0 Å². The summed E-state index contributed by atoms with van der Waals surface area (Å²) in [6.45, 7) is 2.89. The smallest absolute Gasteiger partial charge is 0.355 e. The summed E-state index contributed by atoms with van der Waals surface area (Å²) in [4.78, 5) is 37.6. The number of Topliss-reactive ketones (excluding diaryl/α,β-unsaturated/α-hetero) is 1. The van der Waals surface area contributed by atoms with Crippen molar-refractivity contribution in [2.45, 2.75) is 52.1 Å². The third-order valence-corrected chi connectivity index (χ3v) is 6.25. The summed E-state index contributed by atoms with van der Waals surface area (Å²) in [6, 6.07) is 3.66. The second-order valence-corrected chi connectivity index (χ2v) is 8.30. The lowest BCUT2D eigenvalue weighted by atomic mass is 10.1. The first-order valence-electron chi connectivity index (χ1n) is 9.55. The van der Waals surface area contributed by atoms with Crippen LogP contribution in [0.3, 0.4) is 0 Å². The molecule has 7 nitrogen and oxygen atoms in total. The van der Waals surface area contributed by atoms with Crippen molar-refractivity contribution >= 4 is 34.0 Å². The van der Waals surface area contributed by atoms with E-state index in [0.717, 1.165) is 42.5 Å². The molecule has 1 N–H and O–H groups in total. The number of anilines is 1. The summed E-state index contributed by atoms with van der Waals surface area (Å²) in [5, 5.41) is 12.8. The highest BCUT2D eigenvalue weighted by Gasteiger charge is 2.25. The molecule has 1 aliphatic rings. The molecular weight excluding hydrogens is 390 g/mol. The second-order valence-electron chi connectivity index (χ2n) is 7.20. The van der Waals surface area contributed by atoms with Gasteiger partial charge in [-0.2, -0.15) is 5.26 Å². The highest BCUT2D eigenvalue weighted by molar-refractivity contribution is 7.16. The van der Waals surface area contributed by atoms with Gasteiger partial charge in [-0.3, -0.25) is 9.59 Å². The van der Waals surface area contributed by atoms with E-state index in [2.05, 4.69) is 11.4 Å². The Kier molecular flexibility index (Phi) is 6.18. The Hall–Kier alpha value is -2.92. The number of rotatable bonds is 5. The van der Waals surface area contributed by atoms with Crippen LogP contribution in [0.2, 0.25) is 0 Å². The van der Waals surface area contributed by atoms with E-state index < -0.39 is 18.0 Å². The number of hydrogen-bond donors (Lipinski definition) is 1. The van der Waals surface area contributed by atoms with Gasteiger partial charge in [0.1, 0.15) is 16.8 Å². The van der Waals surface area contributed by atoms with Gasteiger partial charge in [-0.25, -0.2) is 4.79 Å². The van der Waals surface area contributed by atoms with Gasteiger partial charge in [0, 0.05) is 23.7 Å². The number of fused-ring (bicyclic) bond motifs is 1. The molecule has 8 heteroatoms. The highest BCUT2D eigenvalue weighted by atomic mass is 32.1. The summed E-state index contributed by atoms with van der Waals surface area (Å²) < 4.78 is 6.77. The van der Waals surface area contributed by atoms with Gasteiger partial charge in [-0.15, -0.1) is 11.3 Å². The van der Waals surface area contributed by atoms with Gasteiger partial charge in [-0.1, -0.05) is 6.42 Å². The lowest BCUT2D eigenvalue weighted by Gasteiger charge is -2.13. The molecule has 1 atom stereocenters. The SMILES string of the molecule is CC(=O)c1cc(C(=O)O[C@@H](C)C(=O)Nc2sc3c(c2C#N)CCCCC3)n(C)c1. The lowest BCUT2D eigenvalue weighted by Crippen LogP contribution is -2.30. The van der Waals surface area contributed by atoms with E-state index in [-0.39, 0.29) is 11.5 Å². The molecule has 0 aliphatic heterocycles. The number of carbonyl (C=O) groups excluding carboxylic acids is 3. The van der Waals surface area contributed by atoms with Crippen LogP contribution in [0, 0.1) is 11.3 Å². The van der Waals surface area contributed by atoms with E-state index in [9.17, 15) is 19.6 Å². The zero-order valence-corrected chi connectivity index (χ0v) is 17.5. The zero-order valence-electron chi connectivity index (χ0n) is 16.7. The fraction of sp³-hybridized carbons (Fsp3) is 0.429. The molecule has 0 radical (unpaired) electrons. The molecule has 2 aromatic rings. The Balaban J connectivity index is 1.71. The van der Waals surface area contributed by atoms with Crippen LogP contribution in [-0.2, 0) is 29.4 Å². The van der Waals surface area contributed by atoms with E-state index in [1.54, 1.807) is 13.2 Å². The van der Waals surface area contributed by atoms with Crippen molar-refractivity contribution in [2.24, 2.45) is 7.05 Å². The molecule has 2 heterocycles. The molecule has 0 unspecified atom stereocenters. The topological polar surface area (TPSA) is 101 Å². The predicted octanol–water partition coefficient (Wildman–Crippen LogP) is 3.61. The Labute approximate surface area is 173 Å². The largest absolute Gasteiger partial charge is 0.448 e. The number of nitrogens with one attached hydrogen (secondary N) is 1. The molecule has 29 heavy (non-hydrogen) atoms. The summed E-state index contributed by atoms with van der Waals surface area (Å²) in [5.74, 6) is -1.34. The number of thiophene rings is 1. The summed E-state index contributed by atoms with van der Waals surface area (Å²) in [7, 11) is 1.63. The third kappa shape index (κ3) is 4.40. The van der Waals surface area contributed by atoms with Crippen LogP contribution in [0.4, 0.5) is 5.00 Å². The standard InChI is InChI=1S/C21H23N3O4S/c1-12(25)14-9-17(24(3)11-14)21(27)28-13(2)19(26)23-20-16(10-22)15-7-5-4-6-8-18(15)29-20/h9,11,13H,4-8H2,1-3H3,(H,23,26)/t13-/m0/s1. The van der Waals surface area contributed by atoms with Crippen molar-refractivity contribution in [2.75, 3.05) is 5.32 Å². The fourth-order valence-corrected chi connectivity index (χ4v) is 4.64. The Morgan fingerprint density at radius 3 is 2.66 bits per heavy atom. The minimum absolute atomic E-state index is 0.160.